The Morgan fingerprint density at radius 3 is 2.79 bits per heavy atom. The molecule has 1 saturated carbocycles. The van der Waals surface area contributed by atoms with Crippen molar-refractivity contribution in [2.75, 3.05) is 0 Å². The first-order valence-corrected chi connectivity index (χ1v) is 5.42. The number of nitrogens with zero attached hydrogens (tertiary/aromatic N) is 2. The van der Waals surface area contributed by atoms with Crippen LogP contribution in [0.1, 0.15) is 49.5 Å². The molecule has 0 atom stereocenters. The molecule has 1 aromatic heterocycles. The molecule has 0 unspecified atom stereocenters. The van der Waals surface area contributed by atoms with Gasteiger partial charge in [-0.3, -0.25) is 0 Å². The molecule has 1 heterocycles. The molecule has 0 radical (unpaired) electrons. The molecule has 0 amide bonds. The summed E-state index contributed by atoms with van der Waals surface area (Å²) in [5, 5.41) is 0. The van der Waals surface area contributed by atoms with E-state index in [2.05, 4.69) is 9.97 Å². The smallest absolute Gasteiger partial charge is 0.142 e. The molecule has 0 saturated heterocycles. The highest BCUT2D eigenvalue weighted by Gasteiger charge is 2.16. The summed E-state index contributed by atoms with van der Waals surface area (Å²) in [4.78, 5) is 8.60. The minimum absolute atomic E-state index is 0.445. The first-order chi connectivity index (χ1) is 6.90. The van der Waals surface area contributed by atoms with Crippen molar-refractivity contribution >= 4 is 0 Å². The third-order valence-electron chi connectivity index (χ3n) is 2.93. The minimum atomic E-state index is 0.445. The fourth-order valence-electron chi connectivity index (χ4n) is 2.14. The summed E-state index contributed by atoms with van der Waals surface area (Å²) in [6, 6.07) is 2.04. The van der Waals surface area contributed by atoms with E-state index in [1.807, 2.05) is 12.3 Å². The maximum Gasteiger partial charge on any atom is 0.142 e. The molecule has 14 heavy (non-hydrogen) atoms. The molecule has 0 aromatic carbocycles. The molecule has 1 aliphatic carbocycles. The van der Waals surface area contributed by atoms with E-state index in [9.17, 15) is 0 Å². The van der Waals surface area contributed by atoms with E-state index in [4.69, 9.17) is 5.73 Å². The average molecular weight is 191 g/mol. The maximum absolute atomic E-state index is 5.52. The molecule has 1 aliphatic rings. The fraction of sp³-hybridized carbons (Fsp3) is 0.636. The molecular formula is C11H17N3. The van der Waals surface area contributed by atoms with Crippen molar-refractivity contribution in [2.45, 2.75) is 44.6 Å². The lowest BCUT2D eigenvalue weighted by Gasteiger charge is -2.20. The SMILES string of the molecule is NCc1nccc(C2CCCCC2)n1. The van der Waals surface area contributed by atoms with Crippen LogP contribution in [0.3, 0.4) is 0 Å². The van der Waals surface area contributed by atoms with Crippen LogP contribution in [0, 0.1) is 0 Å². The summed E-state index contributed by atoms with van der Waals surface area (Å²) in [5.74, 6) is 1.42. The molecule has 0 aliphatic heterocycles. The second kappa shape index (κ2) is 4.51. The lowest BCUT2D eigenvalue weighted by Crippen LogP contribution is -2.10. The van der Waals surface area contributed by atoms with Gasteiger partial charge in [0.15, 0.2) is 0 Å². The van der Waals surface area contributed by atoms with Gasteiger partial charge in [-0.15, -0.1) is 0 Å². The van der Waals surface area contributed by atoms with Gasteiger partial charge < -0.3 is 5.73 Å². The molecule has 1 aromatic rings. The molecule has 3 heteroatoms. The quantitative estimate of drug-likeness (QED) is 0.777. The number of hydrogen-bond donors (Lipinski definition) is 1. The van der Waals surface area contributed by atoms with Crippen LogP contribution in [-0.2, 0) is 6.54 Å². The van der Waals surface area contributed by atoms with Gasteiger partial charge in [0.05, 0.1) is 6.54 Å². The highest BCUT2D eigenvalue weighted by atomic mass is 14.9. The van der Waals surface area contributed by atoms with E-state index < -0.39 is 0 Å². The Kier molecular flexibility index (Phi) is 3.09. The van der Waals surface area contributed by atoms with Crippen molar-refractivity contribution < 1.29 is 0 Å². The Balaban J connectivity index is 2.13. The normalized spacial score (nSPS) is 18.4. The van der Waals surface area contributed by atoms with E-state index in [1.54, 1.807) is 0 Å². The monoisotopic (exact) mass is 191 g/mol. The molecular weight excluding hydrogens is 174 g/mol. The van der Waals surface area contributed by atoms with Crippen LogP contribution < -0.4 is 5.73 Å². The largest absolute Gasteiger partial charge is 0.324 e. The Morgan fingerprint density at radius 1 is 1.29 bits per heavy atom. The summed E-state index contributed by atoms with van der Waals surface area (Å²) >= 11 is 0. The summed E-state index contributed by atoms with van der Waals surface area (Å²) in [6.07, 6.45) is 8.45. The molecule has 2 N–H and O–H groups in total. The Morgan fingerprint density at radius 2 is 2.07 bits per heavy atom. The zero-order valence-electron chi connectivity index (χ0n) is 8.45. The lowest BCUT2D eigenvalue weighted by atomic mass is 9.87. The van der Waals surface area contributed by atoms with Crippen LogP contribution in [-0.4, -0.2) is 9.97 Å². The number of hydrogen-bond acceptors (Lipinski definition) is 3. The van der Waals surface area contributed by atoms with Crippen LogP contribution in [0.5, 0.6) is 0 Å². The van der Waals surface area contributed by atoms with Crippen molar-refractivity contribution in [3.8, 4) is 0 Å². The third kappa shape index (κ3) is 2.10. The Hall–Kier alpha value is -0.960. The number of aromatic nitrogens is 2. The van der Waals surface area contributed by atoms with Crippen molar-refractivity contribution in [3.63, 3.8) is 0 Å². The first-order valence-electron chi connectivity index (χ1n) is 5.42. The predicted octanol–water partition coefficient (Wildman–Crippen LogP) is 1.98. The number of nitrogens with two attached hydrogens (primary N) is 1. The van der Waals surface area contributed by atoms with Gasteiger partial charge in [-0.1, -0.05) is 19.3 Å². The van der Waals surface area contributed by atoms with E-state index in [-0.39, 0.29) is 0 Å². The Labute approximate surface area is 84.8 Å². The maximum atomic E-state index is 5.52. The van der Waals surface area contributed by atoms with Crippen LogP contribution in [0.4, 0.5) is 0 Å². The van der Waals surface area contributed by atoms with E-state index in [1.165, 1.54) is 37.8 Å². The summed E-state index contributed by atoms with van der Waals surface area (Å²) in [6.45, 7) is 0.445. The summed E-state index contributed by atoms with van der Waals surface area (Å²) < 4.78 is 0. The topological polar surface area (TPSA) is 51.8 Å². The summed E-state index contributed by atoms with van der Waals surface area (Å²) in [5.41, 5.74) is 6.72. The number of rotatable bonds is 2. The fourth-order valence-corrected chi connectivity index (χ4v) is 2.14. The van der Waals surface area contributed by atoms with Crippen molar-refractivity contribution in [2.24, 2.45) is 5.73 Å². The van der Waals surface area contributed by atoms with Gasteiger partial charge in [0, 0.05) is 17.8 Å². The van der Waals surface area contributed by atoms with Crippen molar-refractivity contribution in [1.29, 1.82) is 0 Å². The zero-order chi connectivity index (χ0) is 9.80. The molecule has 3 nitrogen and oxygen atoms in total. The van der Waals surface area contributed by atoms with Crippen molar-refractivity contribution in [3.05, 3.63) is 23.8 Å². The van der Waals surface area contributed by atoms with E-state index >= 15 is 0 Å². The zero-order valence-corrected chi connectivity index (χ0v) is 8.45. The van der Waals surface area contributed by atoms with Gasteiger partial charge in [-0.25, -0.2) is 9.97 Å². The predicted molar refractivity (Wildman–Crippen MR) is 55.7 cm³/mol. The molecule has 76 valence electrons. The summed E-state index contributed by atoms with van der Waals surface area (Å²) in [7, 11) is 0. The second-order valence-corrected chi connectivity index (χ2v) is 3.94. The molecule has 0 spiro atoms. The first kappa shape index (κ1) is 9.59. The molecule has 0 bridgehead atoms. The van der Waals surface area contributed by atoms with Crippen LogP contribution in [0.15, 0.2) is 12.3 Å². The van der Waals surface area contributed by atoms with Gasteiger partial charge in [0.2, 0.25) is 0 Å². The van der Waals surface area contributed by atoms with E-state index in [0.717, 1.165) is 5.82 Å². The average Bonchev–Trinajstić information content (AvgIpc) is 2.30. The van der Waals surface area contributed by atoms with Crippen molar-refractivity contribution in [1.82, 2.24) is 9.97 Å². The Bertz CT molecular complexity index is 292. The van der Waals surface area contributed by atoms with Crippen LogP contribution in [0.2, 0.25) is 0 Å². The second-order valence-electron chi connectivity index (χ2n) is 3.94. The van der Waals surface area contributed by atoms with Gasteiger partial charge in [-0.2, -0.15) is 0 Å². The molecule has 2 rings (SSSR count). The highest BCUT2D eigenvalue weighted by Crippen LogP contribution is 2.31. The standard InChI is InChI=1S/C11H17N3/c12-8-11-13-7-6-10(14-11)9-4-2-1-3-5-9/h6-7,9H,1-5,8,12H2. The van der Waals surface area contributed by atoms with Gasteiger partial charge in [-0.05, 0) is 18.9 Å². The van der Waals surface area contributed by atoms with Crippen LogP contribution >= 0.6 is 0 Å². The highest BCUT2D eigenvalue weighted by molar-refractivity contribution is 5.09. The van der Waals surface area contributed by atoms with E-state index in [0.29, 0.717) is 12.5 Å². The van der Waals surface area contributed by atoms with Gasteiger partial charge >= 0.3 is 0 Å². The minimum Gasteiger partial charge on any atom is -0.324 e. The van der Waals surface area contributed by atoms with Gasteiger partial charge in [0.25, 0.3) is 0 Å². The van der Waals surface area contributed by atoms with Crippen LogP contribution in [0.25, 0.3) is 0 Å². The lowest BCUT2D eigenvalue weighted by molar-refractivity contribution is 0.435. The molecule has 1 fully saturated rings. The third-order valence-corrected chi connectivity index (χ3v) is 2.93. The van der Waals surface area contributed by atoms with Gasteiger partial charge in [0.1, 0.15) is 5.82 Å².